The molecule has 0 aromatic rings. The normalized spacial score (nSPS) is 24.5. The number of likely N-dealkylation sites (tertiary alicyclic amines) is 1. The summed E-state index contributed by atoms with van der Waals surface area (Å²) in [6, 6.07) is -0.546. The van der Waals surface area contributed by atoms with Crippen molar-refractivity contribution in [3.05, 3.63) is 0 Å². The standard InChI is InChI=1S/C8H13NO4/c1-5(10)9-4-2-3-6(9)7(11)8(12)13/h6-7,11H,2-4H2,1H3,(H,12,13)/t6-,7?/m0/s1. The Morgan fingerprint density at radius 1 is 1.54 bits per heavy atom. The highest BCUT2D eigenvalue weighted by molar-refractivity contribution is 5.77. The number of carbonyl (C=O) groups is 2. The van der Waals surface area contributed by atoms with E-state index in [0.717, 1.165) is 6.42 Å². The second-order valence-electron chi connectivity index (χ2n) is 3.21. The number of aliphatic hydroxyl groups excluding tert-OH is 1. The lowest BCUT2D eigenvalue weighted by molar-refractivity contribution is -0.151. The SMILES string of the molecule is CC(=O)N1CCC[C@H]1C(O)C(=O)O. The molecule has 1 heterocycles. The summed E-state index contributed by atoms with van der Waals surface area (Å²) >= 11 is 0. The smallest absolute Gasteiger partial charge is 0.334 e. The fraction of sp³-hybridized carbons (Fsp3) is 0.750. The summed E-state index contributed by atoms with van der Waals surface area (Å²) in [5.41, 5.74) is 0. The summed E-state index contributed by atoms with van der Waals surface area (Å²) in [4.78, 5) is 22.9. The largest absolute Gasteiger partial charge is 0.479 e. The first-order valence-electron chi connectivity index (χ1n) is 4.22. The van der Waals surface area contributed by atoms with Crippen LogP contribution >= 0.6 is 0 Å². The average molecular weight is 187 g/mol. The van der Waals surface area contributed by atoms with Gasteiger partial charge in [-0.3, -0.25) is 4.79 Å². The van der Waals surface area contributed by atoms with Gasteiger partial charge in [0, 0.05) is 13.5 Å². The van der Waals surface area contributed by atoms with E-state index >= 15 is 0 Å². The van der Waals surface area contributed by atoms with Crippen LogP contribution in [0.3, 0.4) is 0 Å². The molecule has 0 saturated carbocycles. The third-order valence-corrected chi connectivity index (χ3v) is 2.32. The molecule has 1 saturated heterocycles. The number of rotatable bonds is 2. The van der Waals surface area contributed by atoms with Crippen LogP contribution in [-0.2, 0) is 9.59 Å². The van der Waals surface area contributed by atoms with Gasteiger partial charge < -0.3 is 15.1 Å². The van der Waals surface area contributed by atoms with E-state index in [1.54, 1.807) is 0 Å². The highest BCUT2D eigenvalue weighted by Gasteiger charge is 2.35. The van der Waals surface area contributed by atoms with Crippen molar-refractivity contribution in [2.45, 2.75) is 31.9 Å². The van der Waals surface area contributed by atoms with Crippen molar-refractivity contribution in [3.63, 3.8) is 0 Å². The minimum Gasteiger partial charge on any atom is -0.479 e. The molecule has 0 aromatic heterocycles. The third-order valence-electron chi connectivity index (χ3n) is 2.32. The number of carboxylic acid groups (broad SMARTS) is 1. The highest BCUT2D eigenvalue weighted by atomic mass is 16.4. The van der Waals surface area contributed by atoms with Crippen LogP contribution in [-0.4, -0.2) is 45.7 Å². The molecule has 74 valence electrons. The van der Waals surface area contributed by atoms with Crippen LogP contribution in [0.15, 0.2) is 0 Å². The van der Waals surface area contributed by atoms with E-state index in [9.17, 15) is 14.7 Å². The molecular formula is C8H13NO4. The maximum Gasteiger partial charge on any atom is 0.334 e. The number of carboxylic acids is 1. The van der Waals surface area contributed by atoms with Crippen molar-refractivity contribution in [3.8, 4) is 0 Å². The van der Waals surface area contributed by atoms with E-state index < -0.39 is 18.1 Å². The number of aliphatic carboxylic acids is 1. The monoisotopic (exact) mass is 187 g/mol. The molecule has 0 aromatic carbocycles. The predicted molar refractivity (Wildman–Crippen MR) is 44.1 cm³/mol. The third kappa shape index (κ3) is 1.98. The summed E-state index contributed by atoms with van der Waals surface area (Å²) in [6.45, 7) is 1.93. The zero-order valence-corrected chi connectivity index (χ0v) is 7.43. The first-order chi connectivity index (χ1) is 6.04. The van der Waals surface area contributed by atoms with Crippen molar-refractivity contribution in [1.29, 1.82) is 0 Å². The number of carbonyl (C=O) groups excluding carboxylic acids is 1. The Morgan fingerprint density at radius 3 is 2.62 bits per heavy atom. The van der Waals surface area contributed by atoms with Crippen LogP contribution in [0.1, 0.15) is 19.8 Å². The van der Waals surface area contributed by atoms with Crippen LogP contribution in [0.2, 0.25) is 0 Å². The van der Waals surface area contributed by atoms with Gasteiger partial charge in [-0.15, -0.1) is 0 Å². The van der Waals surface area contributed by atoms with Crippen molar-refractivity contribution in [2.75, 3.05) is 6.54 Å². The lowest BCUT2D eigenvalue weighted by atomic mass is 10.1. The Morgan fingerprint density at radius 2 is 2.15 bits per heavy atom. The molecule has 0 radical (unpaired) electrons. The Labute approximate surface area is 76.0 Å². The van der Waals surface area contributed by atoms with E-state index in [2.05, 4.69) is 0 Å². The Kier molecular flexibility index (Phi) is 2.87. The fourth-order valence-electron chi connectivity index (χ4n) is 1.68. The Hall–Kier alpha value is -1.10. The molecule has 5 heteroatoms. The molecule has 0 bridgehead atoms. The molecule has 1 aliphatic rings. The summed E-state index contributed by atoms with van der Waals surface area (Å²) in [7, 11) is 0. The molecule has 5 nitrogen and oxygen atoms in total. The molecule has 2 atom stereocenters. The van der Waals surface area contributed by atoms with Crippen molar-refractivity contribution in [1.82, 2.24) is 4.90 Å². The predicted octanol–water partition coefficient (Wildman–Crippen LogP) is -0.557. The number of hydrogen-bond acceptors (Lipinski definition) is 3. The van der Waals surface area contributed by atoms with Gasteiger partial charge in [0.05, 0.1) is 6.04 Å². The molecule has 2 N–H and O–H groups in total. The summed E-state index contributed by atoms with van der Waals surface area (Å²) in [5, 5.41) is 17.8. The number of nitrogens with zero attached hydrogens (tertiary/aromatic N) is 1. The molecule has 0 aliphatic carbocycles. The first kappa shape index (κ1) is 9.98. The van der Waals surface area contributed by atoms with Crippen LogP contribution < -0.4 is 0 Å². The van der Waals surface area contributed by atoms with E-state index in [0.29, 0.717) is 13.0 Å². The maximum atomic E-state index is 11.0. The molecule has 1 aliphatic heterocycles. The summed E-state index contributed by atoms with van der Waals surface area (Å²) in [5.74, 6) is -1.44. The number of hydrogen-bond donors (Lipinski definition) is 2. The Bertz CT molecular complexity index is 228. The molecule has 13 heavy (non-hydrogen) atoms. The van der Waals surface area contributed by atoms with Crippen molar-refractivity contribution >= 4 is 11.9 Å². The average Bonchev–Trinajstić information content (AvgIpc) is 2.50. The highest BCUT2D eigenvalue weighted by Crippen LogP contribution is 2.20. The van der Waals surface area contributed by atoms with Gasteiger partial charge in [0.15, 0.2) is 6.10 Å². The van der Waals surface area contributed by atoms with E-state index in [1.165, 1.54) is 11.8 Å². The van der Waals surface area contributed by atoms with Gasteiger partial charge in [-0.1, -0.05) is 0 Å². The van der Waals surface area contributed by atoms with Crippen LogP contribution in [0.4, 0.5) is 0 Å². The van der Waals surface area contributed by atoms with E-state index in [1.807, 2.05) is 0 Å². The van der Waals surface area contributed by atoms with E-state index in [-0.39, 0.29) is 5.91 Å². The molecule has 1 fully saturated rings. The summed E-state index contributed by atoms with van der Waals surface area (Å²) < 4.78 is 0. The van der Waals surface area contributed by atoms with Gasteiger partial charge in [0.2, 0.25) is 5.91 Å². The van der Waals surface area contributed by atoms with Gasteiger partial charge in [-0.2, -0.15) is 0 Å². The molecule has 0 spiro atoms. The van der Waals surface area contributed by atoms with Gasteiger partial charge in [-0.05, 0) is 12.8 Å². The Balaban J connectivity index is 2.68. The van der Waals surface area contributed by atoms with Gasteiger partial charge in [-0.25, -0.2) is 4.79 Å². The summed E-state index contributed by atoms with van der Waals surface area (Å²) in [6.07, 6.45) is -0.131. The molecule has 1 rings (SSSR count). The fourth-order valence-corrected chi connectivity index (χ4v) is 1.68. The minimum absolute atomic E-state index is 0.178. The minimum atomic E-state index is -1.45. The quantitative estimate of drug-likeness (QED) is 0.607. The molecule has 1 unspecified atom stereocenters. The van der Waals surface area contributed by atoms with Crippen LogP contribution in [0.25, 0.3) is 0 Å². The lowest BCUT2D eigenvalue weighted by Crippen LogP contribution is -2.45. The number of amides is 1. The maximum absolute atomic E-state index is 11.0. The molecule has 1 amide bonds. The van der Waals surface area contributed by atoms with Crippen LogP contribution in [0, 0.1) is 0 Å². The molecular weight excluding hydrogens is 174 g/mol. The van der Waals surface area contributed by atoms with Crippen molar-refractivity contribution < 1.29 is 19.8 Å². The topological polar surface area (TPSA) is 77.8 Å². The first-order valence-corrected chi connectivity index (χ1v) is 4.22. The van der Waals surface area contributed by atoms with Gasteiger partial charge in [0.25, 0.3) is 0 Å². The van der Waals surface area contributed by atoms with Crippen LogP contribution in [0.5, 0.6) is 0 Å². The van der Waals surface area contributed by atoms with E-state index in [4.69, 9.17) is 5.11 Å². The van der Waals surface area contributed by atoms with Gasteiger partial charge in [0.1, 0.15) is 0 Å². The lowest BCUT2D eigenvalue weighted by Gasteiger charge is -2.25. The van der Waals surface area contributed by atoms with Crippen molar-refractivity contribution in [2.24, 2.45) is 0 Å². The number of aliphatic hydroxyl groups is 1. The zero-order valence-electron chi connectivity index (χ0n) is 7.43. The second-order valence-corrected chi connectivity index (χ2v) is 3.21. The van der Waals surface area contributed by atoms with Gasteiger partial charge >= 0.3 is 5.97 Å². The zero-order chi connectivity index (χ0) is 10.0. The second kappa shape index (κ2) is 3.74.